The first-order chi connectivity index (χ1) is 9.94. The molecule has 1 unspecified atom stereocenters. The van der Waals surface area contributed by atoms with Gasteiger partial charge in [-0.2, -0.15) is 0 Å². The van der Waals surface area contributed by atoms with Gasteiger partial charge >= 0.3 is 0 Å². The van der Waals surface area contributed by atoms with Crippen LogP contribution in [0.25, 0.3) is 0 Å². The van der Waals surface area contributed by atoms with Crippen molar-refractivity contribution in [2.24, 2.45) is 0 Å². The van der Waals surface area contributed by atoms with Crippen LogP contribution in [-0.2, 0) is 20.7 Å². The van der Waals surface area contributed by atoms with Crippen LogP contribution in [0.1, 0.15) is 12.5 Å². The summed E-state index contributed by atoms with van der Waals surface area (Å²) in [7, 11) is 1.56. The maximum atomic E-state index is 12.4. The normalized spacial score (nSPS) is 22.0. The zero-order valence-electron chi connectivity index (χ0n) is 12.2. The average Bonchev–Trinajstić information content (AvgIpc) is 2.48. The highest BCUT2D eigenvalue weighted by Gasteiger charge is 2.40. The summed E-state index contributed by atoms with van der Waals surface area (Å²) in [4.78, 5) is 25.9. The zero-order chi connectivity index (χ0) is 15.5. The highest BCUT2D eigenvalue weighted by molar-refractivity contribution is 6.30. The van der Waals surface area contributed by atoms with E-state index in [0.717, 1.165) is 5.56 Å². The molecule has 1 N–H and O–H groups in total. The van der Waals surface area contributed by atoms with Crippen LogP contribution in [0.15, 0.2) is 24.3 Å². The van der Waals surface area contributed by atoms with Gasteiger partial charge in [0.25, 0.3) is 5.91 Å². The summed E-state index contributed by atoms with van der Waals surface area (Å²) in [5, 5.41) is 3.22. The molecule has 21 heavy (non-hydrogen) atoms. The van der Waals surface area contributed by atoms with Crippen LogP contribution in [0.3, 0.4) is 0 Å². The molecule has 2 amide bonds. The standard InChI is InChI=1S/C15H19ClN2O3/c1-15(14(20)17-2)10-18(7-8-21-15)13(19)9-11-3-5-12(16)6-4-11/h3-6H,7-10H2,1-2H3,(H,17,20). The Morgan fingerprint density at radius 2 is 2.05 bits per heavy atom. The second kappa shape index (κ2) is 6.45. The summed E-state index contributed by atoms with van der Waals surface area (Å²) in [6.07, 6.45) is 0.293. The van der Waals surface area contributed by atoms with Crippen molar-refractivity contribution in [2.45, 2.75) is 18.9 Å². The molecule has 1 aromatic rings. The lowest BCUT2D eigenvalue weighted by atomic mass is 10.0. The van der Waals surface area contributed by atoms with Gasteiger partial charge in [0.2, 0.25) is 5.91 Å². The van der Waals surface area contributed by atoms with Crippen molar-refractivity contribution in [1.82, 2.24) is 10.2 Å². The molecular weight excluding hydrogens is 292 g/mol. The number of nitrogens with one attached hydrogen (secondary N) is 1. The summed E-state index contributed by atoms with van der Waals surface area (Å²) >= 11 is 5.83. The van der Waals surface area contributed by atoms with Crippen molar-refractivity contribution in [3.8, 4) is 0 Å². The molecule has 6 heteroatoms. The highest BCUT2D eigenvalue weighted by atomic mass is 35.5. The van der Waals surface area contributed by atoms with Gasteiger partial charge in [0.05, 0.1) is 19.6 Å². The lowest BCUT2D eigenvalue weighted by Gasteiger charge is -2.39. The number of morpholine rings is 1. The minimum Gasteiger partial charge on any atom is -0.362 e. The number of nitrogens with zero attached hydrogens (tertiary/aromatic N) is 1. The van der Waals surface area contributed by atoms with Gasteiger partial charge in [-0.1, -0.05) is 23.7 Å². The van der Waals surface area contributed by atoms with Crippen LogP contribution in [0.5, 0.6) is 0 Å². The van der Waals surface area contributed by atoms with Crippen LogP contribution in [0.4, 0.5) is 0 Å². The van der Waals surface area contributed by atoms with E-state index in [1.54, 1.807) is 31.0 Å². The van der Waals surface area contributed by atoms with Crippen LogP contribution < -0.4 is 5.32 Å². The van der Waals surface area contributed by atoms with Crippen LogP contribution in [0.2, 0.25) is 5.02 Å². The Morgan fingerprint density at radius 3 is 2.67 bits per heavy atom. The maximum absolute atomic E-state index is 12.4. The number of likely N-dealkylation sites (N-methyl/N-ethyl adjacent to an activating group) is 1. The van der Waals surface area contributed by atoms with E-state index >= 15 is 0 Å². The van der Waals surface area contributed by atoms with Gasteiger partial charge in [0.1, 0.15) is 0 Å². The molecule has 1 aliphatic heterocycles. The molecule has 0 saturated carbocycles. The molecule has 1 aliphatic rings. The van der Waals surface area contributed by atoms with Crippen LogP contribution in [0, 0.1) is 0 Å². The molecule has 1 heterocycles. The first-order valence-corrected chi connectivity index (χ1v) is 7.21. The topological polar surface area (TPSA) is 58.6 Å². The van der Waals surface area contributed by atoms with Gasteiger partial charge in [-0.25, -0.2) is 0 Å². The van der Waals surface area contributed by atoms with Gasteiger partial charge < -0.3 is 15.0 Å². The predicted octanol–water partition coefficient (Wildman–Crippen LogP) is 1.25. The van der Waals surface area contributed by atoms with Crippen molar-refractivity contribution in [3.05, 3.63) is 34.9 Å². The zero-order valence-corrected chi connectivity index (χ0v) is 12.9. The first-order valence-electron chi connectivity index (χ1n) is 6.83. The minimum atomic E-state index is -0.983. The van der Waals surface area contributed by atoms with Gasteiger partial charge in [-0.3, -0.25) is 9.59 Å². The highest BCUT2D eigenvalue weighted by Crippen LogP contribution is 2.19. The predicted molar refractivity (Wildman–Crippen MR) is 80.2 cm³/mol. The first kappa shape index (κ1) is 15.8. The number of rotatable bonds is 3. The second-order valence-corrected chi connectivity index (χ2v) is 5.71. The molecular formula is C15H19ClN2O3. The van der Waals surface area contributed by atoms with Gasteiger partial charge in [-0.15, -0.1) is 0 Å². The molecule has 0 spiro atoms. The van der Waals surface area contributed by atoms with Crippen molar-refractivity contribution in [1.29, 1.82) is 0 Å². The number of hydrogen-bond acceptors (Lipinski definition) is 3. The monoisotopic (exact) mass is 310 g/mol. The lowest BCUT2D eigenvalue weighted by molar-refractivity contribution is -0.162. The fraction of sp³-hybridized carbons (Fsp3) is 0.467. The minimum absolute atomic E-state index is 0.0178. The fourth-order valence-corrected chi connectivity index (χ4v) is 2.50. The molecule has 0 radical (unpaired) electrons. The summed E-state index contributed by atoms with van der Waals surface area (Å²) in [6.45, 7) is 2.82. The Kier molecular flexibility index (Phi) is 4.85. The molecule has 114 valence electrons. The van der Waals surface area contributed by atoms with E-state index < -0.39 is 5.60 Å². The third kappa shape index (κ3) is 3.74. The SMILES string of the molecule is CNC(=O)C1(C)CN(C(=O)Cc2ccc(Cl)cc2)CCO1. The largest absolute Gasteiger partial charge is 0.362 e. The van der Waals surface area contributed by atoms with E-state index in [0.29, 0.717) is 24.6 Å². The van der Waals surface area contributed by atoms with E-state index in [2.05, 4.69) is 5.32 Å². The van der Waals surface area contributed by atoms with Crippen LogP contribution >= 0.6 is 11.6 Å². The number of amides is 2. The Balaban J connectivity index is 2.02. The van der Waals surface area contributed by atoms with Gasteiger partial charge in [0, 0.05) is 18.6 Å². The molecule has 0 aliphatic carbocycles. The molecule has 0 bridgehead atoms. The van der Waals surface area contributed by atoms with Crippen molar-refractivity contribution < 1.29 is 14.3 Å². The van der Waals surface area contributed by atoms with Crippen LogP contribution in [-0.4, -0.2) is 49.1 Å². The molecule has 1 aromatic carbocycles. The summed E-state index contributed by atoms with van der Waals surface area (Å²) < 4.78 is 5.54. The second-order valence-electron chi connectivity index (χ2n) is 5.28. The summed E-state index contributed by atoms with van der Waals surface area (Å²) in [5.41, 5.74) is -0.0830. The van der Waals surface area contributed by atoms with E-state index in [4.69, 9.17) is 16.3 Å². The number of ether oxygens (including phenoxy) is 1. The molecule has 5 nitrogen and oxygen atoms in total. The van der Waals surface area contributed by atoms with Crippen molar-refractivity contribution in [3.63, 3.8) is 0 Å². The number of carbonyl (C=O) groups excluding carboxylic acids is 2. The fourth-order valence-electron chi connectivity index (χ4n) is 2.37. The Bertz CT molecular complexity index is 532. The molecule has 0 aromatic heterocycles. The molecule has 1 atom stereocenters. The number of hydrogen-bond donors (Lipinski definition) is 1. The third-order valence-corrected chi connectivity index (χ3v) is 3.86. The van der Waals surface area contributed by atoms with E-state index in [1.165, 1.54) is 0 Å². The number of carbonyl (C=O) groups is 2. The van der Waals surface area contributed by atoms with Gasteiger partial charge in [0.15, 0.2) is 5.60 Å². The average molecular weight is 311 g/mol. The Morgan fingerprint density at radius 1 is 1.38 bits per heavy atom. The van der Waals surface area contributed by atoms with E-state index in [-0.39, 0.29) is 18.4 Å². The molecule has 2 rings (SSSR count). The van der Waals surface area contributed by atoms with Crippen molar-refractivity contribution in [2.75, 3.05) is 26.7 Å². The quantitative estimate of drug-likeness (QED) is 0.914. The molecule has 1 fully saturated rings. The Hall–Kier alpha value is -1.59. The number of halogens is 1. The summed E-state index contributed by atoms with van der Waals surface area (Å²) in [5.74, 6) is -0.234. The third-order valence-electron chi connectivity index (χ3n) is 3.60. The lowest BCUT2D eigenvalue weighted by Crippen LogP contribution is -2.59. The molecule has 1 saturated heterocycles. The number of benzene rings is 1. The van der Waals surface area contributed by atoms with E-state index in [9.17, 15) is 9.59 Å². The van der Waals surface area contributed by atoms with Crippen molar-refractivity contribution >= 4 is 23.4 Å². The van der Waals surface area contributed by atoms with E-state index in [1.807, 2.05) is 12.1 Å². The smallest absolute Gasteiger partial charge is 0.253 e. The maximum Gasteiger partial charge on any atom is 0.253 e. The Labute approximate surface area is 129 Å². The van der Waals surface area contributed by atoms with Gasteiger partial charge in [-0.05, 0) is 24.6 Å². The summed E-state index contributed by atoms with van der Waals surface area (Å²) in [6, 6.07) is 7.19.